The lowest BCUT2D eigenvalue weighted by atomic mass is 10.1. The summed E-state index contributed by atoms with van der Waals surface area (Å²) in [6.45, 7) is 1.43. The van der Waals surface area contributed by atoms with Crippen molar-refractivity contribution < 1.29 is 114 Å². The van der Waals surface area contributed by atoms with Crippen LogP contribution in [0.3, 0.4) is 0 Å². The van der Waals surface area contributed by atoms with Gasteiger partial charge in [-0.2, -0.15) is 42.1 Å². The second kappa shape index (κ2) is 24.4. The van der Waals surface area contributed by atoms with E-state index in [1.807, 2.05) is 0 Å². The minimum Gasteiger partial charge on any atom is -0.505 e. The molecule has 0 radical (unpaired) electrons. The Morgan fingerprint density at radius 1 is 0.393 bits per heavy atom. The molecule has 2 unspecified atom stereocenters. The summed E-state index contributed by atoms with van der Waals surface area (Å²) in [7, 11) is -31.6. The topological polar surface area (TPSA) is 541 Å². The Bertz CT molecular complexity index is 4620. The van der Waals surface area contributed by atoms with Crippen molar-refractivity contribution in [3.63, 3.8) is 0 Å². The third-order valence-electron chi connectivity index (χ3n) is 11.0. The van der Waals surface area contributed by atoms with Gasteiger partial charge in [0.05, 0.1) is 43.9 Å². The fourth-order valence-corrected chi connectivity index (χ4v) is 13.1. The van der Waals surface area contributed by atoms with E-state index in [0.29, 0.717) is 19.1 Å². The third-order valence-corrected chi connectivity index (χ3v) is 18.7. The summed E-state index contributed by atoms with van der Waals surface area (Å²) in [4.78, 5) is -5.09. The smallest absolute Gasteiger partial charge is 0.398 e. The van der Waals surface area contributed by atoms with E-state index in [2.05, 4.69) is 49.3 Å². The highest BCUT2D eigenvalue weighted by atomic mass is 32.3. The number of anilines is 1. The molecule has 0 aliphatic carbocycles. The molecule has 6 aromatic rings. The van der Waals surface area contributed by atoms with Crippen molar-refractivity contribution >= 4 is 133 Å². The van der Waals surface area contributed by atoms with E-state index in [9.17, 15) is 77.7 Å². The molecule has 35 nitrogen and oxygen atoms in total. The summed E-state index contributed by atoms with van der Waals surface area (Å²) in [5.41, 5.74) is -1.85. The lowest BCUT2D eigenvalue weighted by Crippen LogP contribution is -2.24. The van der Waals surface area contributed by atoms with Crippen LogP contribution in [0.1, 0.15) is 13.8 Å². The highest BCUT2D eigenvalue weighted by Crippen LogP contribution is 2.49. The summed E-state index contributed by atoms with van der Waals surface area (Å²) in [5, 5.41) is 42.7. The monoisotopic (exact) mass is 1310 g/mol. The predicted octanol–water partition coefficient (Wildman–Crippen LogP) is 7.44. The van der Waals surface area contributed by atoms with Crippen molar-refractivity contribution in [3.05, 3.63) is 78.9 Å². The number of ether oxygens (including phenoxy) is 4. The Balaban J connectivity index is 1.37. The first-order chi connectivity index (χ1) is 38.7. The van der Waals surface area contributed by atoms with E-state index in [4.69, 9.17) is 33.8 Å². The van der Waals surface area contributed by atoms with Crippen molar-refractivity contribution in [1.82, 2.24) is 0 Å². The summed E-state index contributed by atoms with van der Waals surface area (Å²) in [6, 6.07) is 11.7. The number of hydrogen-bond acceptors (Lipinski definition) is 30. The van der Waals surface area contributed by atoms with E-state index in [0.717, 1.165) is 76.8 Å². The van der Waals surface area contributed by atoms with Crippen LogP contribution < -0.4 is 24.7 Å². The molecule has 6 aromatic carbocycles. The van der Waals surface area contributed by atoms with Gasteiger partial charge in [0.25, 0.3) is 30.4 Å². The second-order valence-corrected chi connectivity index (χ2v) is 27.0. The van der Waals surface area contributed by atoms with E-state index in [1.54, 1.807) is 0 Å². The molecule has 8 N–H and O–H groups in total. The molecule has 2 atom stereocenters. The summed E-state index contributed by atoms with van der Waals surface area (Å²) >= 11 is 0. The molecule has 0 amide bonds. The van der Waals surface area contributed by atoms with Gasteiger partial charge in [-0.25, -0.2) is 25.2 Å². The largest absolute Gasteiger partial charge is 0.505 e. The number of azo groups is 4. The number of benzene rings is 6. The number of aromatic hydroxyl groups is 1. The zero-order valence-electron chi connectivity index (χ0n) is 43.0. The van der Waals surface area contributed by atoms with Gasteiger partial charge in [-0.3, -0.25) is 22.8 Å². The number of phenolic OH excluding ortho intramolecular Hbond substituents is 1. The molecule has 0 spiro atoms. The van der Waals surface area contributed by atoms with Gasteiger partial charge in [0.2, 0.25) is 19.7 Å². The van der Waals surface area contributed by atoms with E-state index >= 15 is 0 Å². The van der Waals surface area contributed by atoms with Crippen molar-refractivity contribution in [3.8, 4) is 28.7 Å². The van der Waals surface area contributed by atoms with E-state index < -0.39 is 129 Å². The number of fused-ring (bicyclic) bond motifs is 1. The van der Waals surface area contributed by atoms with Gasteiger partial charge >= 0.3 is 20.8 Å². The number of methoxy groups -OCH3 is 4. The lowest BCUT2D eigenvalue weighted by Gasteiger charge is -2.13. The van der Waals surface area contributed by atoms with Crippen LogP contribution in [0.25, 0.3) is 10.8 Å². The predicted molar refractivity (Wildman–Crippen MR) is 287 cm³/mol. The molecule has 0 aromatic heterocycles. The SMILES string of the molecule is COc1cc(N=Nc2c(S(=O)(=O)O)cc3c(N=Nc4cc(OC)c(N=Nc5ccc(S(=O)(=O)C(C)OS(=O)(=O)O)cc5S(=O)(=O)O)cc4OC)c(N)ccc3c2O)c(OC)cc1N=Nc1ccc(S(=O)(=O)C(C)OS(=O)(=O)O)cc1S(=O)(=O)O. The molecule has 6 rings (SSSR count). The van der Waals surface area contributed by atoms with Crippen LogP contribution in [0.4, 0.5) is 51.2 Å². The number of phenols is 1. The van der Waals surface area contributed by atoms with Gasteiger partial charge in [-0.1, -0.05) is 0 Å². The Hall–Kier alpha value is -7.85. The van der Waals surface area contributed by atoms with Crippen LogP contribution >= 0.6 is 0 Å². The van der Waals surface area contributed by atoms with Gasteiger partial charge in [-0.15, -0.1) is 40.9 Å². The molecule has 84 heavy (non-hydrogen) atoms. The maximum absolute atomic E-state index is 13.0. The highest BCUT2D eigenvalue weighted by molar-refractivity contribution is 7.93. The fourth-order valence-electron chi connectivity index (χ4n) is 7.04. The minimum absolute atomic E-state index is 0.152. The van der Waals surface area contributed by atoms with Crippen molar-refractivity contribution in [2.45, 2.75) is 49.2 Å². The lowest BCUT2D eigenvalue weighted by molar-refractivity contribution is 0.250. The van der Waals surface area contributed by atoms with Crippen LogP contribution in [-0.4, -0.2) is 126 Å². The van der Waals surface area contributed by atoms with Gasteiger partial charge < -0.3 is 29.8 Å². The summed E-state index contributed by atoms with van der Waals surface area (Å²) in [5.74, 6) is -1.71. The Morgan fingerprint density at radius 3 is 1.04 bits per heavy atom. The normalized spacial score (nSPS) is 14.0. The first kappa shape index (κ1) is 65.3. The Morgan fingerprint density at radius 2 is 0.714 bits per heavy atom. The average Bonchev–Trinajstić information content (AvgIpc) is 1.07. The fraction of sp³-hybridized carbons (Fsp3) is 0.190. The van der Waals surface area contributed by atoms with Crippen molar-refractivity contribution in [2.75, 3.05) is 34.2 Å². The molecule has 0 saturated carbocycles. The molecule has 0 saturated heterocycles. The van der Waals surface area contributed by atoms with Crippen LogP contribution in [-0.2, 0) is 79.2 Å². The summed E-state index contributed by atoms with van der Waals surface area (Å²) < 4.78 is 249. The van der Waals surface area contributed by atoms with Crippen molar-refractivity contribution in [2.24, 2.45) is 40.9 Å². The molecular formula is C42H41N9O26S7. The average molecular weight is 1310 g/mol. The number of nitrogens with zero attached hydrogens (tertiary/aromatic N) is 8. The van der Waals surface area contributed by atoms with Gasteiger partial charge in [-0.05, 0) is 68.4 Å². The number of nitrogens with two attached hydrogens (primary N) is 1. The zero-order chi connectivity index (χ0) is 62.9. The molecule has 0 aliphatic heterocycles. The first-order valence-electron chi connectivity index (χ1n) is 22.0. The number of rotatable bonds is 23. The molecule has 0 aliphatic rings. The van der Waals surface area contributed by atoms with Crippen LogP contribution in [0.2, 0.25) is 0 Å². The maximum Gasteiger partial charge on any atom is 0.398 e. The Kier molecular flexibility index (Phi) is 19.0. The molecule has 0 bridgehead atoms. The third kappa shape index (κ3) is 14.9. The molecule has 42 heteroatoms. The minimum atomic E-state index is -5.34. The molecule has 452 valence electrons. The number of nitrogen functional groups attached to an aromatic ring is 1. The Labute approximate surface area is 476 Å². The zero-order valence-corrected chi connectivity index (χ0v) is 48.7. The van der Waals surface area contributed by atoms with E-state index in [-0.39, 0.29) is 67.9 Å². The van der Waals surface area contributed by atoms with Crippen molar-refractivity contribution in [1.29, 1.82) is 0 Å². The maximum atomic E-state index is 13.0. The van der Waals surface area contributed by atoms with Gasteiger partial charge in [0.1, 0.15) is 83.2 Å². The molecule has 0 fully saturated rings. The standard InChI is InChI=1S/C42H41N9O26S7/c1-20(76-83(66,67)68)78(53,54)22-7-11-27(37(13-22)80(57,58)59)44-46-29-16-35(74-5)31(18-33(29)72-3)48-50-40-25-15-39(82(63,64)65)41(42(52)24(25)9-10-26(40)43)51-49-32-19-34(73-4)30(17-36(32)75-6)47-45-28-12-8-23(14-38(28)81(60,61)62)79(55,56)21(2)77-84(69,70)71/h7-21,52H,43H2,1-6H3,(H,57,58,59)(H,60,61,62)(H,63,64,65)(H,66,67,68)(H,69,70,71). The van der Waals surface area contributed by atoms with Gasteiger partial charge in [0, 0.05) is 35.0 Å². The molecule has 0 heterocycles. The quantitative estimate of drug-likeness (QED) is 0.0186. The van der Waals surface area contributed by atoms with Crippen LogP contribution in [0.5, 0.6) is 28.7 Å². The number of sulfone groups is 2. The highest BCUT2D eigenvalue weighted by Gasteiger charge is 2.33. The van der Waals surface area contributed by atoms with E-state index in [1.165, 1.54) is 25.3 Å². The summed E-state index contributed by atoms with van der Waals surface area (Å²) in [6.07, 6.45) is 0. The van der Waals surface area contributed by atoms with Crippen LogP contribution in [0.15, 0.2) is 144 Å². The number of hydrogen-bond donors (Lipinski definition) is 7. The first-order valence-corrected chi connectivity index (χ1v) is 32.2. The molecular weight excluding hydrogens is 1270 g/mol. The van der Waals surface area contributed by atoms with Gasteiger partial charge in [0.15, 0.2) is 16.6 Å². The van der Waals surface area contributed by atoms with Crippen LogP contribution in [0, 0.1) is 0 Å². The second-order valence-electron chi connectivity index (χ2n) is 16.3.